The average Bonchev–Trinajstić information content (AvgIpc) is 1.67. The van der Waals surface area contributed by atoms with Gasteiger partial charge in [0.2, 0.25) is 0 Å². The summed E-state index contributed by atoms with van der Waals surface area (Å²) in [4.78, 5) is 2.68. The first-order valence-corrected chi connectivity index (χ1v) is 2.72. The van der Waals surface area contributed by atoms with E-state index in [0.29, 0.717) is 5.92 Å². The molecule has 0 N–H and O–H groups in total. The van der Waals surface area contributed by atoms with Crippen LogP contribution in [0.4, 0.5) is 0 Å². The van der Waals surface area contributed by atoms with Crippen molar-refractivity contribution in [2.75, 3.05) is 0 Å². The number of rotatable bonds is 2. The number of azide groups is 1. The third kappa shape index (κ3) is 2.48. The Labute approximate surface area is 49.3 Å². The maximum Gasteiger partial charge on any atom is 0.0368 e. The van der Waals surface area contributed by atoms with E-state index < -0.39 is 0 Å². The zero-order valence-corrected chi connectivity index (χ0v) is 5.50. The summed E-state index contributed by atoms with van der Waals surface area (Å²) in [5.74, 6) is 0.450. The van der Waals surface area contributed by atoms with Crippen LogP contribution in [-0.4, -0.2) is 6.04 Å². The van der Waals surface area contributed by atoms with E-state index in [1.54, 1.807) is 0 Å². The quantitative estimate of drug-likeness (QED) is 0.300. The van der Waals surface area contributed by atoms with Crippen LogP contribution in [0.1, 0.15) is 20.8 Å². The molecule has 0 aliphatic rings. The molecule has 0 fully saturated rings. The molecule has 46 valence electrons. The number of hydrogen-bond acceptors (Lipinski definition) is 1. The third-order valence-electron chi connectivity index (χ3n) is 1.20. The normalized spacial score (nSPS) is 13.0. The Morgan fingerprint density at radius 3 is 2.00 bits per heavy atom. The van der Waals surface area contributed by atoms with Gasteiger partial charge in [0.15, 0.2) is 0 Å². The Bertz CT molecular complexity index is 102. The second kappa shape index (κ2) is 3.33. The molecule has 0 aromatic carbocycles. The highest BCUT2D eigenvalue weighted by molar-refractivity contribution is 4.63. The molecule has 0 amide bonds. The van der Waals surface area contributed by atoms with E-state index in [-0.39, 0.29) is 6.04 Å². The Morgan fingerprint density at radius 1 is 1.38 bits per heavy atom. The maximum absolute atomic E-state index is 7.94. The van der Waals surface area contributed by atoms with Gasteiger partial charge in [0, 0.05) is 11.0 Å². The minimum absolute atomic E-state index is 0.125. The van der Waals surface area contributed by atoms with Crippen molar-refractivity contribution in [3.63, 3.8) is 0 Å². The van der Waals surface area contributed by atoms with Gasteiger partial charge in [0.05, 0.1) is 0 Å². The van der Waals surface area contributed by atoms with Crippen molar-refractivity contribution in [2.45, 2.75) is 26.8 Å². The highest BCUT2D eigenvalue weighted by Crippen LogP contribution is 2.03. The molecule has 0 bridgehead atoms. The lowest BCUT2D eigenvalue weighted by Gasteiger charge is -2.05. The summed E-state index contributed by atoms with van der Waals surface area (Å²) < 4.78 is 0. The summed E-state index contributed by atoms with van der Waals surface area (Å²) in [5.41, 5.74) is 7.94. The van der Waals surface area contributed by atoms with Crippen LogP contribution in [-0.2, 0) is 0 Å². The van der Waals surface area contributed by atoms with Gasteiger partial charge in [-0.2, -0.15) is 0 Å². The van der Waals surface area contributed by atoms with Crippen LogP contribution in [0.5, 0.6) is 0 Å². The van der Waals surface area contributed by atoms with E-state index in [1.807, 2.05) is 20.8 Å². The lowest BCUT2D eigenvalue weighted by Crippen LogP contribution is -2.04. The van der Waals surface area contributed by atoms with Crippen LogP contribution in [0.2, 0.25) is 0 Å². The van der Waals surface area contributed by atoms with Gasteiger partial charge in [0.25, 0.3) is 0 Å². The fourth-order valence-corrected chi connectivity index (χ4v) is 0.215. The third-order valence-corrected chi connectivity index (χ3v) is 1.20. The van der Waals surface area contributed by atoms with Gasteiger partial charge in [-0.15, -0.1) is 0 Å². The Morgan fingerprint density at radius 2 is 1.88 bits per heavy atom. The highest BCUT2D eigenvalue weighted by Gasteiger charge is 2.01. The Hall–Kier alpha value is -0.690. The predicted octanol–water partition coefficient (Wildman–Crippen LogP) is 2.34. The summed E-state index contributed by atoms with van der Waals surface area (Å²) in [6, 6.07) is 0.125. The van der Waals surface area contributed by atoms with E-state index in [9.17, 15) is 0 Å². The fourth-order valence-electron chi connectivity index (χ4n) is 0.215. The summed E-state index contributed by atoms with van der Waals surface area (Å²) in [6.07, 6.45) is 0. The molecule has 0 unspecified atom stereocenters. The van der Waals surface area contributed by atoms with Crippen molar-refractivity contribution in [2.24, 2.45) is 11.0 Å². The zero-order valence-electron chi connectivity index (χ0n) is 5.50. The zero-order chi connectivity index (χ0) is 6.57. The smallest absolute Gasteiger partial charge is 0.0368 e. The van der Waals surface area contributed by atoms with Gasteiger partial charge >= 0.3 is 0 Å². The van der Waals surface area contributed by atoms with Gasteiger partial charge in [0.1, 0.15) is 0 Å². The average molecular weight is 113 g/mol. The van der Waals surface area contributed by atoms with Gasteiger partial charge in [-0.05, 0) is 11.4 Å². The van der Waals surface area contributed by atoms with Crippen molar-refractivity contribution in [1.29, 1.82) is 0 Å². The first-order valence-electron chi connectivity index (χ1n) is 2.72. The Balaban J connectivity index is 3.63. The van der Waals surface area contributed by atoms with Crippen LogP contribution >= 0.6 is 0 Å². The van der Waals surface area contributed by atoms with Crippen LogP contribution in [0.25, 0.3) is 10.4 Å². The summed E-state index contributed by atoms with van der Waals surface area (Å²) in [5, 5.41) is 3.50. The molecule has 0 radical (unpaired) electrons. The second-order valence-electron chi connectivity index (χ2n) is 2.19. The fraction of sp³-hybridized carbons (Fsp3) is 1.00. The van der Waals surface area contributed by atoms with E-state index in [2.05, 4.69) is 10.0 Å². The van der Waals surface area contributed by atoms with Crippen LogP contribution in [0, 0.1) is 5.92 Å². The van der Waals surface area contributed by atoms with E-state index >= 15 is 0 Å². The number of nitrogens with zero attached hydrogens (tertiary/aromatic N) is 3. The summed E-state index contributed by atoms with van der Waals surface area (Å²) >= 11 is 0. The molecule has 0 aliphatic carbocycles. The molecule has 0 rings (SSSR count). The van der Waals surface area contributed by atoms with E-state index in [4.69, 9.17) is 5.53 Å². The molecule has 3 heteroatoms. The molecular formula is C5H11N3. The standard InChI is InChI=1S/C5H11N3/c1-4(2)5(3)7-8-6/h4-5H,1-3H3/t5-/m1/s1. The van der Waals surface area contributed by atoms with Crippen molar-refractivity contribution in [3.05, 3.63) is 10.4 Å². The monoisotopic (exact) mass is 113 g/mol. The molecule has 8 heavy (non-hydrogen) atoms. The van der Waals surface area contributed by atoms with Crippen LogP contribution < -0.4 is 0 Å². The topological polar surface area (TPSA) is 48.8 Å². The van der Waals surface area contributed by atoms with Crippen molar-refractivity contribution >= 4 is 0 Å². The van der Waals surface area contributed by atoms with Gasteiger partial charge in [-0.1, -0.05) is 25.9 Å². The van der Waals surface area contributed by atoms with Gasteiger partial charge in [-0.3, -0.25) is 0 Å². The van der Waals surface area contributed by atoms with Crippen molar-refractivity contribution in [3.8, 4) is 0 Å². The number of hydrogen-bond donors (Lipinski definition) is 0. The molecular weight excluding hydrogens is 102 g/mol. The molecule has 0 spiro atoms. The molecule has 0 saturated heterocycles. The lowest BCUT2D eigenvalue weighted by molar-refractivity contribution is 0.527. The Kier molecular flexibility index (Phi) is 3.04. The van der Waals surface area contributed by atoms with Crippen molar-refractivity contribution < 1.29 is 0 Å². The SMILES string of the molecule is CC(C)[C@@H](C)N=[N+]=[N-]. The molecule has 0 heterocycles. The molecule has 0 aliphatic heterocycles. The lowest BCUT2D eigenvalue weighted by atomic mass is 10.1. The minimum atomic E-state index is 0.125. The van der Waals surface area contributed by atoms with Crippen LogP contribution in [0.15, 0.2) is 5.11 Å². The molecule has 0 saturated carbocycles. The summed E-state index contributed by atoms with van der Waals surface area (Å²) in [7, 11) is 0. The first-order chi connectivity index (χ1) is 3.68. The molecule has 0 aromatic heterocycles. The largest absolute Gasteiger partial charge is 0.0906 e. The van der Waals surface area contributed by atoms with Gasteiger partial charge in [-0.25, -0.2) is 0 Å². The summed E-state index contributed by atoms with van der Waals surface area (Å²) in [6.45, 7) is 5.96. The van der Waals surface area contributed by atoms with E-state index in [1.165, 1.54) is 0 Å². The highest BCUT2D eigenvalue weighted by atomic mass is 15.1. The molecule has 3 nitrogen and oxygen atoms in total. The van der Waals surface area contributed by atoms with Crippen molar-refractivity contribution in [1.82, 2.24) is 0 Å². The minimum Gasteiger partial charge on any atom is -0.0906 e. The maximum atomic E-state index is 7.94. The molecule has 1 atom stereocenters. The molecule has 0 aromatic rings. The van der Waals surface area contributed by atoms with Crippen LogP contribution in [0.3, 0.4) is 0 Å². The second-order valence-corrected chi connectivity index (χ2v) is 2.19. The van der Waals surface area contributed by atoms with Gasteiger partial charge < -0.3 is 0 Å². The first kappa shape index (κ1) is 7.31. The predicted molar refractivity (Wildman–Crippen MR) is 33.4 cm³/mol. The van der Waals surface area contributed by atoms with E-state index in [0.717, 1.165) is 0 Å².